The minimum Gasteiger partial charge on any atom is -0.493 e. The van der Waals surface area contributed by atoms with Crippen molar-refractivity contribution in [3.8, 4) is 17.2 Å². The van der Waals surface area contributed by atoms with Crippen molar-refractivity contribution in [3.05, 3.63) is 53.6 Å². The predicted molar refractivity (Wildman–Crippen MR) is 183 cm³/mol. The van der Waals surface area contributed by atoms with E-state index in [4.69, 9.17) is 23.7 Å². The Labute approximate surface area is 285 Å². The Morgan fingerprint density at radius 2 is 1.52 bits per heavy atom. The number of ether oxygens (including phenoxy) is 5. The molecule has 0 aliphatic rings. The molecule has 12 nitrogen and oxygen atoms in total. The summed E-state index contributed by atoms with van der Waals surface area (Å²) in [7, 11) is 4.50. The van der Waals surface area contributed by atoms with Crippen molar-refractivity contribution >= 4 is 17.9 Å². The van der Waals surface area contributed by atoms with E-state index in [1.807, 2.05) is 51.1 Å². The number of amides is 3. The van der Waals surface area contributed by atoms with Gasteiger partial charge in [0.1, 0.15) is 11.6 Å². The summed E-state index contributed by atoms with van der Waals surface area (Å²) in [6.07, 6.45) is -1.53. The van der Waals surface area contributed by atoms with Gasteiger partial charge < -0.3 is 44.7 Å². The van der Waals surface area contributed by atoms with Crippen LogP contribution in [0, 0.1) is 11.8 Å². The molecule has 2 rings (SSSR count). The summed E-state index contributed by atoms with van der Waals surface area (Å²) in [4.78, 5) is 40.1. The van der Waals surface area contributed by atoms with E-state index in [0.717, 1.165) is 5.56 Å². The van der Waals surface area contributed by atoms with Crippen molar-refractivity contribution in [2.24, 2.45) is 11.8 Å². The second-order valence-electron chi connectivity index (χ2n) is 12.9. The Hall–Kier alpha value is -4.03. The number of nitrogens with one attached hydrogen (secondary N) is 3. The van der Waals surface area contributed by atoms with Gasteiger partial charge in [-0.2, -0.15) is 0 Å². The molecule has 0 saturated heterocycles. The lowest BCUT2D eigenvalue weighted by Crippen LogP contribution is -2.53. The molecule has 2 aromatic carbocycles. The molecule has 0 spiro atoms. The summed E-state index contributed by atoms with van der Waals surface area (Å²) in [5.41, 5.74) is 0.752. The summed E-state index contributed by atoms with van der Waals surface area (Å²) >= 11 is 0. The maximum Gasteiger partial charge on any atom is 0.407 e. The summed E-state index contributed by atoms with van der Waals surface area (Å²) < 4.78 is 27.5. The Morgan fingerprint density at radius 1 is 0.854 bits per heavy atom. The molecule has 0 fully saturated rings. The van der Waals surface area contributed by atoms with Crippen LogP contribution in [0.5, 0.6) is 17.2 Å². The van der Waals surface area contributed by atoms with Gasteiger partial charge >= 0.3 is 6.09 Å². The molecule has 0 saturated carbocycles. The molecule has 0 unspecified atom stereocenters. The summed E-state index contributed by atoms with van der Waals surface area (Å²) in [5, 5.41) is 20.3. The molecule has 0 radical (unpaired) electrons. The van der Waals surface area contributed by atoms with Gasteiger partial charge in [0.15, 0.2) is 11.5 Å². The molecular formula is C36H55N3O9. The third-order valence-corrected chi connectivity index (χ3v) is 7.61. The summed E-state index contributed by atoms with van der Waals surface area (Å²) in [6.45, 7) is 12.0. The fraction of sp³-hybridized carbons (Fsp3) is 0.583. The van der Waals surface area contributed by atoms with Crippen LogP contribution < -0.4 is 30.2 Å². The molecular weight excluding hydrogens is 618 g/mol. The molecule has 0 aliphatic carbocycles. The van der Waals surface area contributed by atoms with Gasteiger partial charge in [-0.25, -0.2) is 4.79 Å². The molecule has 0 bridgehead atoms. The van der Waals surface area contributed by atoms with Gasteiger partial charge in [0.2, 0.25) is 17.6 Å². The zero-order chi connectivity index (χ0) is 35.9. The molecule has 0 aromatic heterocycles. The molecule has 268 valence electrons. The van der Waals surface area contributed by atoms with Crippen LogP contribution in [0.3, 0.4) is 0 Å². The third kappa shape index (κ3) is 12.9. The van der Waals surface area contributed by atoms with Gasteiger partial charge in [-0.1, -0.05) is 50.2 Å². The highest BCUT2D eigenvalue weighted by atomic mass is 16.6. The predicted octanol–water partition coefficient (Wildman–Crippen LogP) is 4.05. The number of aliphatic hydroxyl groups is 1. The van der Waals surface area contributed by atoms with Crippen molar-refractivity contribution < 1.29 is 43.2 Å². The summed E-state index contributed by atoms with van der Waals surface area (Å²) in [6, 6.07) is 11.3. The first-order valence-corrected chi connectivity index (χ1v) is 16.4. The van der Waals surface area contributed by atoms with Gasteiger partial charge in [-0.3, -0.25) is 9.59 Å². The Morgan fingerprint density at radius 3 is 2.08 bits per heavy atom. The van der Waals surface area contributed by atoms with E-state index in [1.54, 1.807) is 32.9 Å². The first-order valence-electron chi connectivity index (χ1n) is 16.4. The maximum absolute atomic E-state index is 14.1. The van der Waals surface area contributed by atoms with Crippen LogP contribution in [0.2, 0.25) is 0 Å². The van der Waals surface area contributed by atoms with E-state index >= 15 is 0 Å². The molecule has 2 aromatic rings. The molecule has 4 atom stereocenters. The zero-order valence-electron chi connectivity index (χ0n) is 29.9. The second kappa shape index (κ2) is 19.7. The second-order valence-corrected chi connectivity index (χ2v) is 12.9. The van der Waals surface area contributed by atoms with Crippen molar-refractivity contribution in [1.82, 2.24) is 16.0 Å². The summed E-state index contributed by atoms with van der Waals surface area (Å²) in [5.74, 6) is -0.683. The SMILES string of the molecule is CCOCCNC(=O)[C@@H](NC(=O)[C@H](Cc1ccc(OC)c(OC)c1OC)C[C@H](O)[C@H](Cc1ccccc1)NC(=O)OC(C)(C)C)C(C)C. The average molecular weight is 674 g/mol. The average Bonchev–Trinajstić information content (AvgIpc) is 3.03. The van der Waals surface area contributed by atoms with Crippen LogP contribution in [-0.2, 0) is 31.9 Å². The standard InChI is InChI=1S/C36H55N3O9/c1-10-47-19-18-37-34(42)30(23(2)3)39-33(41)26(21-25-16-17-29(44-7)32(46-9)31(25)45-8)22-28(40)27(20-24-14-12-11-13-15-24)38-35(43)48-36(4,5)6/h11-17,23,26-28,30,40H,10,18-22H2,1-9H3,(H,37,42)(H,38,43)(H,39,41)/t26-,27+,28+,30+/m1/s1. The molecule has 0 aliphatic heterocycles. The van der Waals surface area contributed by atoms with Crippen LogP contribution >= 0.6 is 0 Å². The van der Waals surface area contributed by atoms with E-state index in [0.29, 0.717) is 42.6 Å². The van der Waals surface area contributed by atoms with Gasteiger partial charge in [-0.05, 0) is 70.1 Å². The largest absolute Gasteiger partial charge is 0.493 e. The van der Waals surface area contributed by atoms with Crippen molar-refractivity contribution in [2.75, 3.05) is 41.1 Å². The molecule has 3 amide bonds. The Bertz CT molecular complexity index is 1300. The maximum atomic E-state index is 14.1. The van der Waals surface area contributed by atoms with E-state index < -0.39 is 41.7 Å². The molecule has 48 heavy (non-hydrogen) atoms. The monoisotopic (exact) mass is 673 g/mol. The van der Waals surface area contributed by atoms with E-state index in [-0.39, 0.29) is 31.1 Å². The van der Waals surface area contributed by atoms with Crippen LogP contribution in [-0.4, -0.2) is 87.9 Å². The first kappa shape index (κ1) is 40.1. The minimum atomic E-state index is -1.18. The number of alkyl carbamates (subject to hydrolysis) is 1. The molecule has 0 heterocycles. The number of carbonyl (C=O) groups is 3. The number of hydrogen-bond donors (Lipinski definition) is 4. The lowest BCUT2D eigenvalue weighted by molar-refractivity contribution is -0.132. The number of carbonyl (C=O) groups excluding carboxylic acids is 3. The number of hydrogen-bond acceptors (Lipinski definition) is 9. The Balaban J connectivity index is 2.48. The molecule has 12 heteroatoms. The fourth-order valence-corrected chi connectivity index (χ4v) is 5.25. The van der Waals surface area contributed by atoms with Gasteiger partial charge in [0, 0.05) is 19.1 Å². The quantitative estimate of drug-likeness (QED) is 0.162. The van der Waals surface area contributed by atoms with Crippen molar-refractivity contribution in [3.63, 3.8) is 0 Å². The van der Waals surface area contributed by atoms with Crippen LogP contribution in [0.1, 0.15) is 59.1 Å². The zero-order valence-corrected chi connectivity index (χ0v) is 29.9. The number of methoxy groups -OCH3 is 3. The highest BCUT2D eigenvalue weighted by molar-refractivity contribution is 5.89. The normalized spacial score (nSPS) is 13.9. The van der Waals surface area contributed by atoms with Crippen LogP contribution in [0.4, 0.5) is 4.79 Å². The highest BCUT2D eigenvalue weighted by Crippen LogP contribution is 2.41. The van der Waals surface area contributed by atoms with Gasteiger partial charge in [0.25, 0.3) is 0 Å². The lowest BCUT2D eigenvalue weighted by atomic mass is 9.87. The topological polar surface area (TPSA) is 154 Å². The van der Waals surface area contributed by atoms with Crippen LogP contribution in [0.15, 0.2) is 42.5 Å². The Kier molecular flexibility index (Phi) is 16.5. The lowest BCUT2D eigenvalue weighted by Gasteiger charge is -2.30. The minimum absolute atomic E-state index is 0.0621. The first-order chi connectivity index (χ1) is 22.7. The highest BCUT2D eigenvalue weighted by Gasteiger charge is 2.33. The van der Waals surface area contributed by atoms with Gasteiger partial charge in [0.05, 0.1) is 40.1 Å². The fourth-order valence-electron chi connectivity index (χ4n) is 5.25. The number of rotatable bonds is 19. The van der Waals surface area contributed by atoms with Crippen molar-refractivity contribution in [2.45, 2.75) is 84.6 Å². The van der Waals surface area contributed by atoms with E-state index in [2.05, 4.69) is 16.0 Å². The van der Waals surface area contributed by atoms with E-state index in [9.17, 15) is 19.5 Å². The number of aliphatic hydroxyl groups excluding tert-OH is 1. The smallest absolute Gasteiger partial charge is 0.407 e. The van der Waals surface area contributed by atoms with Gasteiger partial charge in [-0.15, -0.1) is 0 Å². The third-order valence-electron chi connectivity index (χ3n) is 7.61. The van der Waals surface area contributed by atoms with Crippen molar-refractivity contribution in [1.29, 1.82) is 0 Å². The number of benzene rings is 2. The molecule has 4 N–H and O–H groups in total. The van der Waals surface area contributed by atoms with E-state index in [1.165, 1.54) is 21.3 Å². The van der Waals surface area contributed by atoms with Crippen LogP contribution in [0.25, 0.3) is 0 Å².